The van der Waals surface area contributed by atoms with Gasteiger partial charge < -0.3 is 23.3 Å². The van der Waals surface area contributed by atoms with Crippen LogP contribution in [0.15, 0.2) is 70.5 Å². The monoisotopic (exact) mass is 666 g/mol. The summed E-state index contributed by atoms with van der Waals surface area (Å²) < 4.78 is 22.9. The molecule has 0 N–H and O–H groups in total. The molecule has 49 heavy (non-hydrogen) atoms. The maximum atomic E-state index is 13.0. The van der Waals surface area contributed by atoms with E-state index in [4.69, 9.17) is 14.2 Å². The minimum Gasteiger partial charge on any atom is -0.497 e. The first-order chi connectivity index (χ1) is 23.8. The minimum atomic E-state index is -0.119. The molecule has 1 aliphatic heterocycles. The van der Waals surface area contributed by atoms with E-state index in [0.717, 1.165) is 84.6 Å². The second-order valence-corrected chi connectivity index (χ2v) is 12.2. The van der Waals surface area contributed by atoms with Crippen LogP contribution in [0.25, 0.3) is 11.3 Å². The third-order valence-electron chi connectivity index (χ3n) is 8.90. The summed E-state index contributed by atoms with van der Waals surface area (Å²) in [6.07, 6.45) is 7.50. The zero-order valence-corrected chi connectivity index (χ0v) is 28.6. The van der Waals surface area contributed by atoms with Crippen LogP contribution in [0, 0.1) is 13.8 Å². The maximum absolute atomic E-state index is 13.0. The lowest BCUT2D eigenvalue weighted by molar-refractivity contribution is 0.0834. The molecular formula is C36H42N8O5. The van der Waals surface area contributed by atoms with Gasteiger partial charge >= 0.3 is 0 Å². The fraction of sp³-hybridized carbons (Fsp3) is 0.389. The Hall–Kier alpha value is -5.30. The highest BCUT2D eigenvalue weighted by atomic mass is 16.5. The maximum Gasteiger partial charge on any atom is 0.296 e. The van der Waals surface area contributed by atoms with Crippen LogP contribution in [-0.4, -0.2) is 65.8 Å². The molecule has 0 aliphatic carbocycles. The topological polar surface area (TPSA) is 132 Å². The van der Waals surface area contributed by atoms with Gasteiger partial charge in [0.15, 0.2) is 0 Å². The predicted molar refractivity (Wildman–Crippen MR) is 185 cm³/mol. The van der Waals surface area contributed by atoms with Crippen molar-refractivity contribution in [3.8, 4) is 11.5 Å². The first kappa shape index (κ1) is 33.6. The first-order valence-electron chi connectivity index (χ1n) is 16.5. The number of rotatable bonds is 9. The lowest BCUT2D eigenvalue weighted by Gasteiger charge is -2.20. The predicted octanol–water partition coefficient (Wildman–Crippen LogP) is 4.36. The summed E-state index contributed by atoms with van der Waals surface area (Å²) in [4.78, 5) is 25.7. The van der Waals surface area contributed by atoms with Gasteiger partial charge in [0.25, 0.3) is 11.1 Å². The normalized spacial score (nSPS) is 13.4. The number of ether oxygens (including phenoxy) is 3. The van der Waals surface area contributed by atoms with Crippen molar-refractivity contribution in [3.63, 3.8) is 0 Å². The Morgan fingerprint density at radius 2 is 1.20 bits per heavy atom. The molecular weight excluding hydrogens is 624 g/mol. The largest absolute Gasteiger partial charge is 0.497 e. The Morgan fingerprint density at radius 3 is 1.71 bits per heavy atom. The molecule has 0 bridgehead atoms. The highest BCUT2D eigenvalue weighted by Crippen LogP contribution is 2.25. The SMILES string of the molecule is CCCc1nnc2c(=O)n(Cc3ccc(OC)cc3)c(C)cn12.COc1ccc(Cn2c(C)cn3c(C4CCOCC4)nnc3c2=O)cc1. The van der Waals surface area contributed by atoms with Gasteiger partial charge in [0, 0.05) is 49.3 Å². The van der Waals surface area contributed by atoms with Crippen LogP contribution in [0.3, 0.4) is 0 Å². The second-order valence-electron chi connectivity index (χ2n) is 12.2. The van der Waals surface area contributed by atoms with Crippen LogP contribution in [0.5, 0.6) is 11.5 Å². The van der Waals surface area contributed by atoms with E-state index in [1.54, 1.807) is 23.4 Å². The number of benzene rings is 2. The first-order valence-corrected chi connectivity index (χ1v) is 16.5. The van der Waals surface area contributed by atoms with Gasteiger partial charge in [0.2, 0.25) is 11.3 Å². The van der Waals surface area contributed by atoms with Crippen molar-refractivity contribution in [1.82, 2.24) is 38.3 Å². The number of nitrogens with zero attached hydrogens (tertiary/aromatic N) is 8. The molecule has 1 saturated heterocycles. The highest BCUT2D eigenvalue weighted by molar-refractivity contribution is 5.38. The molecule has 0 unspecified atom stereocenters. The quantitative estimate of drug-likeness (QED) is 0.221. The standard InChI is InChI=1S/C19H22N4O3.C17H20N4O2/c1-13-11-23-17(15-7-9-26-10-8-15)20-21-18(23)19(24)22(13)12-14-3-5-16(25-2)6-4-14;1-4-5-15-18-19-16-17(22)20(12(2)10-21(15)16)11-13-6-8-14(23-3)9-7-13/h3-6,11,15H,7-10,12H2,1-2H3;6-10H,4-5,11H2,1-3H3. The van der Waals surface area contributed by atoms with Crippen LogP contribution in [0.4, 0.5) is 0 Å². The minimum absolute atomic E-state index is 0.115. The van der Waals surface area contributed by atoms with E-state index in [1.807, 2.05) is 83.6 Å². The van der Waals surface area contributed by atoms with Gasteiger partial charge in [-0.1, -0.05) is 31.2 Å². The Morgan fingerprint density at radius 1 is 0.714 bits per heavy atom. The van der Waals surface area contributed by atoms with E-state index in [0.29, 0.717) is 24.4 Å². The molecule has 13 heteroatoms. The van der Waals surface area contributed by atoms with Gasteiger partial charge in [-0.25, -0.2) is 0 Å². The van der Waals surface area contributed by atoms with E-state index < -0.39 is 0 Å². The van der Waals surface area contributed by atoms with Crippen molar-refractivity contribution in [1.29, 1.82) is 0 Å². The molecule has 0 radical (unpaired) electrons. The summed E-state index contributed by atoms with van der Waals surface area (Å²) in [5.41, 5.74) is 4.36. The fourth-order valence-electron chi connectivity index (χ4n) is 6.10. The molecule has 0 atom stereocenters. The lowest BCUT2D eigenvalue weighted by Crippen LogP contribution is -2.26. The van der Waals surface area contributed by atoms with Crippen molar-refractivity contribution in [2.24, 2.45) is 0 Å². The summed E-state index contributed by atoms with van der Waals surface area (Å²) in [6, 6.07) is 15.4. The van der Waals surface area contributed by atoms with Crippen molar-refractivity contribution in [2.75, 3.05) is 27.4 Å². The van der Waals surface area contributed by atoms with Gasteiger partial charge in [-0.3, -0.25) is 18.4 Å². The van der Waals surface area contributed by atoms with Crippen LogP contribution in [0.2, 0.25) is 0 Å². The van der Waals surface area contributed by atoms with Crippen molar-refractivity contribution < 1.29 is 14.2 Å². The lowest BCUT2D eigenvalue weighted by atomic mass is 10.00. The second kappa shape index (κ2) is 14.9. The van der Waals surface area contributed by atoms with E-state index in [1.165, 1.54) is 0 Å². The molecule has 6 aromatic rings. The number of hydrogen-bond donors (Lipinski definition) is 0. The number of methoxy groups -OCH3 is 2. The summed E-state index contributed by atoms with van der Waals surface area (Å²) in [6.45, 7) is 8.41. The average Bonchev–Trinajstić information content (AvgIpc) is 3.74. The van der Waals surface area contributed by atoms with Crippen LogP contribution in [-0.2, 0) is 24.2 Å². The van der Waals surface area contributed by atoms with E-state index in [9.17, 15) is 9.59 Å². The Labute approximate surface area is 283 Å². The summed E-state index contributed by atoms with van der Waals surface area (Å²) in [5.74, 6) is 3.58. The molecule has 256 valence electrons. The van der Waals surface area contributed by atoms with Crippen molar-refractivity contribution >= 4 is 11.3 Å². The number of aryl methyl sites for hydroxylation is 3. The van der Waals surface area contributed by atoms with Crippen LogP contribution in [0.1, 0.15) is 66.3 Å². The summed E-state index contributed by atoms with van der Waals surface area (Å²) >= 11 is 0. The van der Waals surface area contributed by atoms with Gasteiger partial charge in [-0.05, 0) is 68.5 Å². The number of hydrogen-bond acceptors (Lipinski definition) is 9. The Balaban J connectivity index is 0.000000171. The van der Waals surface area contributed by atoms with E-state index in [-0.39, 0.29) is 17.0 Å². The van der Waals surface area contributed by atoms with Crippen LogP contribution < -0.4 is 20.6 Å². The molecule has 5 heterocycles. The molecule has 7 rings (SSSR count). The number of fused-ring (bicyclic) bond motifs is 2. The molecule has 1 aliphatic rings. The molecule has 4 aromatic heterocycles. The zero-order valence-electron chi connectivity index (χ0n) is 28.6. The number of aromatic nitrogens is 8. The van der Waals surface area contributed by atoms with E-state index in [2.05, 4.69) is 27.3 Å². The Kier molecular flexibility index (Phi) is 10.2. The molecule has 0 spiro atoms. The van der Waals surface area contributed by atoms with E-state index >= 15 is 0 Å². The van der Waals surface area contributed by atoms with Crippen molar-refractivity contribution in [2.45, 2.75) is 65.5 Å². The fourth-order valence-corrected chi connectivity index (χ4v) is 6.10. The summed E-state index contributed by atoms with van der Waals surface area (Å²) in [5, 5.41) is 16.7. The third kappa shape index (κ3) is 7.12. The smallest absolute Gasteiger partial charge is 0.296 e. The van der Waals surface area contributed by atoms with Gasteiger partial charge in [0.1, 0.15) is 23.1 Å². The van der Waals surface area contributed by atoms with Gasteiger partial charge in [0.05, 0.1) is 27.3 Å². The van der Waals surface area contributed by atoms with Crippen molar-refractivity contribution in [3.05, 3.63) is 116 Å². The molecule has 13 nitrogen and oxygen atoms in total. The molecule has 0 amide bonds. The third-order valence-corrected chi connectivity index (χ3v) is 8.90. The molecule has 2 aromatic carbocycles. The highest BCUT2D eigenvalue weighted by Gasteiger charge is 2.23. The zero-order chi connectivity index (χ0) is 34.5. The Bertz CT molecular complexity index is 2160. The average molecular weight is 667 g/mol. The van der Waals surface area contributed by atoms with Gasteiger partial charge in [-0.15, -0.1) is 20.4 Å². The van der Waals surface area contributed by atoms with Gasteiger partial charge in [-0.2, -0.15) is 0 Å². The summed E-state index contributed by atoms with van der Waals surface area (Å²) in [7, 11) is 3.27. The van der Waals surface area contributed by atoms with Crippen LogP contribution >= 0.6 is 0 Å². The molecule has 1 fully saturated rings. The molecule has 0 saturated carbocycles.